The van der Waals surface area contributed by atoms with Crippen LogP contribution in [0, 0.1) is 0 Å². The van der Waals surface area contributed by atoms with E-state index in [0.29, 0.717) is 6.54 Å². The molecule has 0 bridgehead atoms. The molecular weight excluding hydrogens is 320 g/mol. The number of urea groups is 1. The van der Waals surface area contributed by atoms with E-state index in [1.807, 2.05) is 11.8 Å². The molecule has 2 aliphatic rings. The summed E-state index contributed by atoms with van der Waals surface area (Å²) in [6.07, 6.45) is 2.74. The van der Waals surface area contributed by atoms with Gasteiger partial charge in [0.1, 0.15) is 12.1 Å². The van der Waals surface area contributed by atoms with Crippen molar-refractivity contribution in [1.29, 1.82) is 0 Å². The Labute approximate surface area is 143 Å². The molecule has 0 aromatic rings. The van der Waals surface area contributed by atoms with Gasteiger partial charge >= 0.3 is 6.03 Å². The summed E-state index contributed by atoms with van der Waals surface area (Å²) >= 11 is 0. The number of hydrogen-bond acceptors (Lipinski definition) is 4. The van der Waals surface area contributed by atoms with Crippen LogP contribution in [0.2, 0.25) is 0 Å². The molecule has 132 valence electrons. The molecule has 2 N–H and O–H groups in total. The van der Waals surface area contributed by atoms with Crippen LogP contribution in [0.3, 0.4) is 0 Å². The van der Waals surface area contributed by atoms with Crippen molar-refractivity contribution in [2.24, 2.45) is 0 Å². The third kappa shape index (κ3) is 4.14. The van der Waals surface area contributed by atoms with Crippen LogP contribution in [0.5, 0.6) is 0 Å². The van der Waals surface area contributed by atoms with Gasteiger partial charge in [0.25, 0.3) is 5.91 Å². The number of halogens is 1. The first-order chi connectivity index (χ1) is 10.4. The second-order valence-electron chi connectivity index (χ2n) is 6.47. The Bertz CT molecular complexity index is 464. The fourth-order valence-electron chi connectivity index (χ4n) is 3.06. The van der Waals surface area contributed by atoms with Gasteiger partial charge in [-0.05, 0) is 46.2 Å². The van der Waals surface area contributed by atoms with E-state index in [-0.39, 0.29) is 36.8 Å². The lowest BCUT2D eigenvalue weighted by atomic mass is 10.0. The van der Waals surface area contributed by atoms with Gasteiger partial charge in [0.15, 0.2) is 0 Å². The van der Waals surface area contributed by atoms with E-state index in [0.717, 1.165) is 32.4 Å². The summed E-state index contributed by atoms with van der Waals surface area (Å²) < 4.78 is 0. The summed E-state index contributed by atoms with van der Waals surface area (Å²) in [5, 5.41) is 5.57. The first kappa shape index (κ1) is 19.7. The van der Waals surface area contributed by atoms with Crippen molar-refractivity contribution in [3.8, 4) is 0 Å². The van der Waals surface area contributed by atoms with Crippen molar-refractivity contribution in [3.05, 3.63) is 0 Å². The number of nitrogens with zero attached hydrogens (tertiary/aromatic N) is 2. The standard InChI is InChI=1S/C15H26N4O3.ClH/c1-4-9-18(11-5-7-16-8-6-11)12(20)10-19-14(22)17-13(21)15(19,2)3;/h11,16H,4-10H2,1-3H3,(H,17,21,22);1H. The fraction of sp³-hybridized carbons (Fsp3) is 0.800. The molecule has 2 saturated heterocycles. The van der Waals surface area contributed by atoms with E-state index < -0.39 is 11.6 Å². The molecule has 23 heavy (non-hydrogen) atoms. The van der Waals surface area contributed by atoms with E-state index in [9.17, 15) is 14.4 Å². The van der Waals surface area contributed by atoms with Crippen LogP contribution < -0.4 is 10.6 Å². The minimum atomic E-state index is -0.973. The van der Waals surface area contributed by atoms with E-state index in [1.165, 1.54) is 4.90 Å². The van der Waals surface area contributed by atoms with Gasteiger partial charge in [-0.1, -0.05) is 6.92 Å². The van der Waals surface area contributed by atoms with Gasteiger partial charge in [0.2, 0.25) is 5.91 Å². The summed E-state index contributed by atoms with van der Waals surface area (Å²) in [4.78, 5) is 39.6. The summed E-state index contributed by atoms with van der Waals surface area (Å²) in [7, 11) is 0. The predicted molar refractivity (Wildman–Crippen MR) is 89.5 cm³/mol. The lowest BCUT2D eigenvalue weighted by Crippen LogP contribution is -2.53. The van der Waals surface area contributed by atoms with Crippen LogP contribution in [0.1, 0.15) is 40.0 Å². The number of piperidine rings is 1. The number of carbonyl (C=O) groups excluding carboxylic acids is 3. The van der Waals surface area contributed by atoms with Crippen molar-refractivity contribution in [3.63, 3.8) is 0 Å². The van der Waals surface area contributed by atoms with Crippen LogP contribution in [-0.4, -0.2) is 65.4 Å². The Morgan fingerprint density at radius 3 is 2.39 bits per heavy atom. The topological polar surface area (TPSA) is 81.8 Å². The quantitative estimate of drug-likeness (QED) is 0.719. The van der Waals surface area contributed by atoms with Crippen LogP contribution in [0.4, 0.5) is 4.79 Å². The Hall–Kier alpha value is -1.34. The van der Waals surface area contributed by atoms with Crippen LogP contribution in [0.15, 0.2) is 0 Å². The highest BCUT2D eigenvalue weighted by Crippen LogP contribution is 2.22. The highest BCUT2D eigenvalue weighted by molar-refractivity contribution is 6.07. The molecule has 0 spiro atoms. The average molecular weight is 347 g/mol. The maximum absolute atomic E-state index is 12.7. The molecule has 2 rings (SSSR count). The molecule has 0 radical (unpaired) electrons. The van der Waals surface area contributed by atoms with Gasteiger partial charge in [0, 0.05) is 12.6 Å². The zero-order chi connectivity index (χ0) is 16.3. The second kappa shape index (κ2) is 7.97. The first-order valence-corrected chi connectivity index (χ1v) is 8.01. The van der Waals surface area contributed by atoms with Gasteiger partial charge in [-0.2, -0.15) is 0 Å². The monoisotopic (exact) mass is 346 g/mol. The number of carbonyl (C=O) groups is 3. The van der Waals surface area contributed by atoms with Crippen molar-refractivity contribution >= 4 is 30.3 Å². The SMILES string of the molecule is CCCN(C(=O)CN1C(=O)NC(=O)C1(C)C)C1CCNCC1.Cl. The number of nitrogens with one attached hydrogen (secondary N) is 2. The molecule has 0 aromatic carbocycles. The van der Waals surface area contributed by atoms with Gasteiger partial charge in [-0.25, -0.2) is 4.79 Å². The lowest BCUT2D eigenvalue weighted by Gasteiger charge is -2.36. The van der Waals surface area contributed by atoms with Gasteiger partial charge < -0.3 is 15.1 Å². The predicted octanol–water partition coefficient (Wildman–Crippen LogP) is 0.729. The Morgan fingerprint density at radius 1 is 1.30 bits per heavy atom. The third-order valence-corrected chi connectivity index (χ3v) is 4.52. The smallest absolute Gasteiger partial charge is 0.325 e. The first-order valence-electron chi connectivity index (χ1n) is 8.01. The van der Waals surface area contributed by atoms with E-state index >= 15 is 0 Å². The molecule has 0 aliphatic carbocycles. The molecule has 0 aromatic heterocycles. The second-order valence-corrected chi connectivity index (χ2v) is 6.47. The van der Waals surface area contributed by atoms with E-state index in [1.54, 1.807) is 13.8 Å². The third-order valence-electron chi connectivity index (χ3n) is 4.52. The van der Waals surface area contributed by atoms with Crippen molar-refractivity contribution in [2.75, 3.05) is 26.2 Å². The maximum Gasteiger partial charge on any atom is 0.325 e. The van der Waals surface area contributed by atoms with Gasteiger partial charge in [-0.15, -0.1) is 12.4 Å². The number of rotatable bonds is 5. The Kier molecular flexibility index (Phi) is 6.83. The van der Waals surface area contributed by atoms with Crippen molar-refractivity contribution in [2.45, 2.75) is 51.6 Å². The number of hydrogen-bond donors (Lipinski definition) is 2. The average Bonchev–Trinajstić information content (AvgIpc) is 2.68. The minimum Gasteiger partial charge on any atom is -0.338 e. The fourth-order valence-corrected chi connectivity index (χ4v) is 3.06. The zero-order valence-electron chi connectivity index (χ0n) is 14.1. The lowest BCUT2D eigenvalue weighted by molar-refractivity contribution is -0.136. The molecule has 4 amide bonds. The van der Waals surface area contributed by atoms with Crippen LogP contribution >= 0.6 is 12.4 Å². The van der Waals surface area contributed by atoms with Crippen molar-refractivity contribution in [1.82, 2.24) is 20.4 Å². The maximum atomic E-state index is 12.7. The largest absolute Gasteiger partial charge is 0.338 e. The van der Waals surface area contributed by atoms with E-state index in [4.69, 9.17) is 0 Å². The minimum absolute atomic E-state index is 0. The van der Waals surface area contributed by atoms with E-state index in [2.05, 4.69) is 10.6 Å². The Balaban J connectivity index is 0.00000264. The van der Waals surface area contributed by atoms with Gasteiger partial charge in [0.05, 0.1) is 0 Å². The molecular formula is C15H27ClN4O3. The summed E-state index contributed by atoms with van der Waals surface area (Å²) in [6, 6.07) is -0.261. The van der Waals surface area contributed by atoms with Crippen LogP contribution in [0.25, 0.3) is 0 Å². The van der Waals surface area contributed by atoms with Crippen LogP contribution in [-0.2, 0) is 9.59 Å². The molecule has 0 unspecified atom stereocenters. The van der Waals surface area contributed by atoms with Crippen molar-refractivity contribution < 1.29 is 14.4 Å². The number of amides is 4. The van der Waals surface area contributed by atoms with Gasteiger partial charge in [-0.3, -0.25) is 14.9 Å². The highest BCUT2D eigenvalue weighted by atomic mass is 35.5. The highest BCUT2D eigenvalue weighted by Gasteiger charge is 2.46. The normalized spacial score (nSPS) is 20.9. The summed E-state index contributed by atoms with van der Waals surface area (Å²) in [5.41, 5.74) is -0.973. The molecule has 0 saturated carbocycles. The summed E-state index contributed by atoms with van der Waals surface area (Å²) in [5.74, 6) is -0.430. The molecule has 0 atom stereocenters. The number of imide groups is 1. The molecule has 2 fully saturated rings. The molecule has 2 heterocycles. The molecule has 8 heteroatoms. The molecule has 2 aliphatic heterocycles. The molecule has 7 nitrogen and oxygen atoms in total. The Morgan fingerprint density at radius 2 is 1.91 bits per heavy atom. The summed E-state index contributed by atoms with van der Waals surface area (Å²) in [6.45, 7) is 7.82. The zero-order valence-corrected chi connectivity index (χ0v) is 14.9.